The number of thiophene rings is 1. The molecule has 4 heterocycles. The molecule has 2 aromatic carbocycles. The van der Waals surface area contributed by atoms with E-state index in [1.165, 1.54) is 10.1 Å². The third-order valence-corrected chi connectivity index (χ3v) is 8.35. The summed E-state index contributed by atoms with van der Waals surface area (Å²) >= 11 is 9.38. The molecule has 1 amide bonds. The van der Waals surface area contributed by atoms with Crippen molar-refractivity contribution in [3.8, 4) is 16.3 Å². The lowest BCUT2D eigenvalue weighted by molar-refractivity contribution is -0.128. The number of benzene rings is 2. The van der Waals surface area contributed by atoms with Crippen LogP contribution in [0.5, 0.6) is 0 Å². The van der Waals surface area contributed by atoms with Gasteiger partial charge in [0.2, 0.25) is 5.91 Å². The predicted molar refractivity (Wildman–Crippen MR) is 144 cm³/mol. The zero-order chi connectivity index (χ0) is 23.1. The standard InChI is InChI=1S/C24H22N6OS3/c31-21(29-7-9-33-10-8-29)13-25-23-22(20-11-15-3-1-2-4-19(15)34-20)30(24(32)28-23)16-5-6-17-18(12-16)27-14-26-17/h1-6,11-12,14,25H,7-10,13H2,(H,26,27)(H,28,32). The van der Waals surface area contributed by atoms with E-state index < -0.39 is 0 Å². The van der Waals surface area contributed by atoms with Crippen molar-refractivity contribution in [3.05, 3.63) is 59.6 Å². The van der Waals surface area contributed by atoms with Gasteiger partial charge in [-0.2, -0.15) is 11.8 Å². The lowest BCUT2D eigenvalue weighted by Gasteiger charge is -2.26. The Morgan fingerprint density at radius 1 is 1.15 bits per heavy atom. The number of imidazole rings is 2. The van der Waals surface area contributed by atoms with Crippen molar-refractivity contribution in [3.63, 3.8) is 0 Å². The number of nitrogens with one attached hydrogen (secondary N) is 3. The molecule has 0 saturated carbocycles. The van der Waals surface area contributed by atoms with E-state index in [-0.39, 0.29) is 12.5 Å². The fourth-order valence-electron chi connectivity index (χ4n) is 4.29. The van der Waals surface area contributed by atoms with E-state index in [4.69, 9.17) is 12.2 Å². The molecule has 0 spiro atoms. The molecule has 1 aliphatic rings. The number of fused-ring (bicyclic) bond motifs is 2. The molecule has 0 unspecified atom stereocenters. The Morgan fingerprint density at radius 3 is 2.85 bits per heavy atom. The predicted octanol–water partition coefficient (Wildman–Crippen LogP) is 5.28. The lowest BCUT2D eigenvalue weighted by Crippen LogP contribution is -2.41. The Bertz CT molecular complexity index is 1520. The Balaban J connectivity index is 1.43. The first-order chi connectivity index (χ1) is 16.7. The highest BCUT2D eigenvalue weighted by molar-refractivity contribution is 7.99. The first-order valence-corrected chi connectivity index (χ1v) is 13.4. The van der Waals surface area contributed by atoms with Crippen molar-refractivity contribution < 1.29 is 4.79 Å². The molecule has 3 aromatic heterocycles. The second-order valence-corrected chi connectivity index (χ2v) is 10.8. The van der Waals surface area contributed by atoms with Gasteiger partial charge in [-0.1, -0.05) is 18.2 Å². The van der Waals surface area contributed by atoms with Gasteiger partial charge in [0.05, 0.1) is 34.5 Å². The number of amides is 1. The molecule has 34 heavy (non-hydrogen) atoms. The van der Waals surface area contributed by atoms with E-state index in [1.807, 2.05) is 51.6 Å². The van der Waals surface area contributed by atoms with Gasteiger partial charge < -0.3 is 20.2 Å². The molecule has 1 fully saturated rings. The first kappa shape index (κ1) is 21.5. The summed E-state index contributed by atoms with van der Waals surface area (Å²) < 4.78 is 3.80. The van der Waals surface area contributed by atoms with Crippen LogP contribution < -0.4 is 5.32 Å². The van der Waals surface area contributed by atoms with Crippen molar-refractivity contribution in [2.24, 2.45) is 0 Å². The Kier molecular flexibility index (Phi) is 5.64. The summed E-state index contributed by atoms with van der Waals surface area (Å²) in [5.41, 5.74) is 3.69. The highest BCUT2D eigenvalue weighted by Crippen LogP contribution is 2.39. The average Bonchev–Trinajstić information content (AvgIpc) is 3.58. The van der Waals surface area contributed by atoms with E-state index in [2.05, 4.69) is 38.5 Å². The molecule has 10 heteroatoms. The van der Waals surface area contributed by atoms with Gasteiger partial charge in [0.25, 0.3) is 0 Å². The Morgan fingerprint density at radius 2 is 2.00 bits per heavy atom. The van der Waals surface area contributed by atoms with Crippen LogP contribution in [-0.4, -0.2) is 61.5 Å². The number of hydrogen-bond donors (Lipinski definition) is 3. The fraction of sp³-hybridized carbons (Fsp3) is 0.208. The number of aromatic amines is 2. The van der Waals surface area contributed by atoms with Crippen molar-refractivity contribution >= 4 is 68.2 Å². The minimum Gasteiger partial charge on any atom is -0.361 e. The van der Waals surface area contributed by atoms with Crippen LogP contribution in [0.4, 0.5) is 5.82 Å². The molecular weight excluding hydrogens is 485 g/mol. The van der Waals surface area contributed by atoms with Crippen LogP contribution >= 0.6 is 35.3 Å². The summed E-state index contributed by atoms with van der Waals surface area (Å²) in [5.74, 6) is 2.84. The molecule has 7 nitrogen and oxygen atoms in total. The molecule has 1 aliphatic heterocycles. The number of carbonyl (C=O) groups excluding carboxylic acids is 1. The summed E-state index contributed by atoms with van der Waals surface area (Å²) in [6.07, 6.45) is 1.69. The molecule has 5 aromatic rings. The van der Waals surface area contributed by atoms with Crippen LogP contribution in [0.2, 0.25) is 0 Å². The van der Waals surface area contributed by atoms with Crippen LogP contribution in [0.15, 0.2) is 54.9 Å². The Hall–Kier alpha value is -3.08. The first-order valence-electron chi connectivity index (χ1n) is 11.0. The van der Waals surface area contributed by atoms with Crippen molar-refractivity contribution in [1.29, 1.82) is 0 Å². The zero-order valence-corrected chi connectivity index (χ0v) is 20.7. The Labute approximate surface area is 209 Å². The summed E-state index contributed by atoms with van der Waals surface area (Å²) in [6.45, 7) is 1.82. The second kappa shape index (κ2) is 8.94. The number of rotatable bonds is 5. The smallest absolute Gasteiger partial charge is 0.241 e. The van der Waals surface area contributed by atoms with Crippen LogP contribution in [-0.2, 0) is 4.79 Å². The average molecular weight is 507 g/mol. The van der Waals surface area contributed by atoms with Gasteiger partial charge in [-0.15, -0.1) is 11.3 Å². The number of hydrogen-bond acceptors (Lipinski definition) is 6. The van der Waals surface area contributed by atoms with E-state index in [0.29, 0.717) is 4.77 Å². The molecule has 0 aliphatic carbocycles. The molecule has 0 atom stereocenters. The molecule has 172 valence electrons. The van der Waals surface area contributed by atoms with Gasteiger partial charge in [0, 0.05) is 29.3 Å². The zero-order valence-electron chi connectivity index (χ0n) is 18.2. The maximum absolute atomic E-state index is 12.8. The third kappa shape index (κ3) is 3.91. The number of carbonyl (C=O) groups is 1. The van der Waals surface area contributed by atoms with E-state index >= 15 is 0 Å². The topological polar surface area (TPSA) is 81.7 Å². The van der Waals surface area contributed by atoms with E-state index in [1.54, 1.807) is 17.7 Å². The molecular formula is C24H22N6OS3. The van der Waals surface area contributed by atoms with Gasteiger partial charge in [-0.05, 0) is 47.9 Å². The van der Waals surface area contributed by atoms with Crippen LogP contribution in [0, 0.1) is 4.77 Å². The molecule has 3 N–H and O–H groups in total. The van der Waals surface area contributed by atoms with Gasteiger partial charge in [-0.3, -0.25) is 9.36 Å². The fourth-order valence-corrected chi connectivity index (χ4v) is 6.60. The molecule has 0 radical (unpaired) electrons. The summed E-state index contributed by atoms with van der Waals surface area (Å²) in [6, 6.07) is 16.6. The van der Waals surface area contributed by atoms with E-state index in [9.17, 15) is 4.79 Å². The second-order valence-electron chi connectivity index (χ2n) is 8.09. The highest BCUT2D eigenvalue weighted by atomic mass is 32.2. The monoisotopic (exact) mass is 506 g/mol. The number of nitrogens with zero attached hydrogens (tertiary/aromatic N) is 3. The van der Waals surface area contributed by atoms with Gasteiger partial charge in [-0.25, -0.2) is 4.98 Å². The maximum atomic E-state index is 12.8. The van der Waals surface area contributed by atoms with Gasteiger partial charge in [0.15, 0.2) is 4.77 Å². The SMILES string of the molecule is O=C(CNc1[nH]c(=S)n(-c2ccc3nc[nH]c3c2)c1-c1cc2ccccc2s1)N1CCSCC1. The van der Waals surface area contributed by atoms with Crippen molar-refractivity contribution in [1.82, 2.24) is 24.4 Å². The summed E-state index contributed by atoms with van der Waals surface area (Å²) in [4.78, 5) is 26.7. The summed E-state index contributed by atoms with van der Waals surface area (Å²) in [7, 11) is 0. The summed E-state index contributed by atoms with van der Waals surface area (Å²) in [5, 5.41) is 4.54. The number of H-pyrrole nitrogens is 2. The molecule has 1 saturated heterocycles. The van der Waals surface area contributed by atoms with Gasteiger partial charge >= 0.3 is 0 Å². The normalized spacial score (nSPS) is 14.2. The largest absolute Gasteiger partial charge is 0.361 e. The van der Waals surface area contributed by atoms with Crippen LogP contribution in [0.3, 0.4) is 0 Å². The van der Waals surface area contributed by atoms with Gasteiger partial charge in [0.1, 0.15) is 11.5 Å². The third-order valence-electron chi connectivity index (χ3n) is 6.00. The quantitative estimate of drug-likeness (QED) is 0.283. The number of aromatic nitrogens is 4. The minimum atomic E-state index is 0.105. The lowest BCUT2D eigenvalue weighted by atomic mass is 10.2. The molecule has 6 rings (SSSR count). The number of thioether (sulfide) groups is 1. The van der Waals surface area contributed by atoms with Crippen LogP contribution in [0.1, 0.15) is 0 Å². The van der Waals surface area contributed by atoms with E-state index in [0.717, 1.165) is 57.7 Å². The van der Waals surface area contributed by atoms with Crippen molar-refractivity contribution in [2.75, 3.05) is 36.5 Å². The van der Waals surface area contributed by atoms with Crippen molar-refractivity contribution in [2.45, 2.75) is 0 Å². The van der Waals surface area contributed by atoms with Crippen LogP contribution in [0.25, 0.3) is 37.4 Å². The molecule has 0 bridgehead atoms. The highest BCUT2D eigenvalue weighted by Gasteiger charge is 2.21. The maximum Gasteiger partial charge on any atom is 0.241 e. The number of anilines is 1. The minimum absolute atomic E-state index is 0.105.